The van der Waals surface area contributed by atoms with Gasteiger partial charge in [-0.2, -0.15) is 0 Å². The Hall–Kier alpha value is -4.76. The van der Waals surface area contributed by atoms with Crippen LogP contribution in [0.15, 0.2) is 90.5 Å². The van der Waals surface area contributed by atoms with Gasteiger partial charge in [-0.1, -0.05) is 84.1 Å². The Labute approximate surface area is 235 Å². The van der Waals surface area contributed by atoms with Crippen LogP contribution in [0, 0.1) is 6.92 Å². The number of amides is 1. The summed E-state index contributed by atoms with van der Waals surface area (Å²) in [5, 5.41) is 11.5. The number of anilines is 1. The molecule has 202 valence electrons. The summed E-state index contributed by atoms with van der Waals surface area (Å²) in [6, 6.07) is 24.2. The zero-order chi connectivity index (χ0) is 28.2. The van der Waals surface area contributed by atoms with E-state index in [1.807, 2.05) is 30.3 Å². The molecule has 1 fully saturated rings. The number of carbonyl (C=O) groups excluding carboxylic acids is 3. The predicted octanol–water partition coefficient (Wildman–Crippen LogP) is 5.83. The molecule has 1 aromatic heterocycles. The van der Waals surface area contributed by atoms with Crippen LogP contribution in [0.1, 0.15) is 45.0 Å². The van der Waals surface area contributed by atoms with Gasteiger partial charge in [0.15, 0.2) is 5.13 Å². The molecule has 2 heterocycles. The van der Waals surface area contributed by atoms with Crippen molar-refractivity contribution < 1.29 is 29.0 Å². The van der Waals surface area contributed by atoms with E-state index < -0.39 is 23.7 Å². The first-order valence-corrected chi connectivity index (χ1v) is 13.5. The van der Waals surface area contributed by atoms with Gasteiger partial charge in [0, 0.05) is 5.56 Å². The van der Waals surface area contributed by atoms with Crippen molar-refractivity contribution in [1.29, 1.82) is 0 Å². The highest BCUT2D eigenvalue weighted by molar-refractivity contribution is 7.17. The summed E-state index contributed by atoms with van der Waals surface area (Å²) in [6.45, 7) is 3.84. The zero-order valence-electron chi connectivity index (χ0n) is 21.9. The Morgan fingerprint density at radius 3 is 2.40 bits per heavy atom. The van der Waals surface area contributed by atoms with Gasteiger partial charge >= 0.3 is 11.9 Å². The molecule has 1 aliphatic heterocycles. The van der Waals surface area contributed by atoms with E-state index in [-0.39, 0.29) is 27.9 Å². The second-order valence-corrected chi connectivity index (χ2v) is 9.99. The molecule has 0 spiro atoms. The van der Waals surface area contributed by atoms with Gasteiger partial charge in [-0.15, -0.1) is 0 Å². The van der Waals surface area contributed by atoms with Crippen LogP contribution in [0.2, 0.25) is 0 Å². The summed E-state index contributed by atoms with van der Waals surface area (Å²) in [5.74, 6) is -2.05. The van der Waals surface area contributed by atoms with Crippen molar-refractivity contribution in [3.05, 3.63) is 118 Å². The fraction of sp³-hybridized carbons (Fsp3) is 0.161. The molecule has 1 N–H and O–H groups in total. The van der Waals surface area contributed by atoms with Crippen molar-refractivity contribution in [3.8, 4) is 5.75 Å². The van der Waals surface area contributed by atoms with Crippen LogP contribution >= 0.6 is 11.3 Å². The summed E-state index contributed by atoms with van der Waals surface area (Å²) in [5.41, 5.74) is 2.20. The van der Waals surface area contributed by atoms with Crippen LogP contribution in [0.3, 0.4) is 0 Å². The standard InChI is InChI=1S/C31H26N2O6S/c1-3-38-30(37)28-19(2)32-31(40-28)33-25(24(27(35)29(33)36)26(34)21-13-8-5-9-14-21)22-15-10-16-23(17-22)39-18-20-11-6-4-7-12-20/h4-17,25,34H,3,18H2,1-2H3. The number of esters is 1. The highest BCUT2D eigenvalue weighted by Crippen LogP contribution is 2.44. The lowest BCUT2D eigenvalue weighted by Gasteiger charge is -2.23. The van der Waals surface area contributed by atoms with Gasteiger partial charge in [0.1, 0.15) is 23.0 Å². The maximum atomic E-state index is 13.5. The minimum absolute atomic E-state index is 0.0815. The molecule has 40 heavy (non-hydrogen) atoms. The van der Waals surface area contributed by atoms with Crippen LogP contribution in [-0.2, 0) is 20.9 Å². The van der Waals surface area contributed by atoms with Gasteiger partial charge in [-0.3, -0.25) is 14.5 Å². The van der Waals surface area contributed by atoms with E-state index in [0.717, 1.165) is 16.9 Å². The van der Waals surface area contributed by atoms with Crippen molar-refractivity contribution in [2.45, 2.75) is 26.5 Å². The fourth-order valence-electron chi connectivity index (χ4n) is 4.48. The Balaban J connectivity index is 1.61. The average molecular weight is 555 g/mol. The third kappa shape index (κ3) is 5.23. The molecule has 1 atom stereocenters. The van der Waals surface area contributed by atoms with Crippen molar-refractivity contribution >= 4 is 39.9 Å². The molecule has 5 rings (SSSR count). The van der Waals surface area contributed by atoms with E-state index >= 15 is 0 Å². The van der Waals surface area contributed by atoms with Gasteiger partial charge in [0.2, 0.25) is 0 Å². The number of Topliss-reactive ketones (excluding diaryl/α,β-unsaturated/α-hetero) is 1. The van der Waals surface area contributed by atoms with Gasteiger partial charge in [-0.05, 0) is 37.1 Å². The van der Waals surface area contributed by atoms with E-state index in [4.69, 9.17) is 9.47 Å². The lowest BCUT2D eigenvalue weighted by molar-refractivity contribution is -0.132. The van der Waals surface area contributed by atoms with Gasteiger partial charge in [0.25, 0.3) is 5.78 Å². The van der Waals surface area contributed by atoms with Crippen LogP contribution in [0.5, 0.6) is 5.75 Å². The molecule has 1 saturated heterocycles. The first-order valence-electron chi connectivity index (χ1n) is 12.7. The summed E-state index contributed by atoms with van der Waals surface area (Å²) in [4.78, 5) is 45.4. The normalized spacial score (nSPS) is 16.2. The van der Waals surface area contributed by atoms with Crippen LogP contribution in [0.25, 0.3) is 5.76 Å². The van der Waals surface area contributed by atoms with Crippen LogP contribution < -0.4 is 9.64 Å². The Morgan fingerprint density at radius 1 is 1.00 bits per heavy atom. The molecule has 1 amide bonds. The summed E-state index contributed by atoms with van der Waals surface area (Å²) in [7, 11) is 0. The number of rotatable bonds is 8. The molecule has 0 saturated carbocycles. The van der Waals surface area contributed by atoms with Crippen LogP contribution in [0.4, 0.5) is 5.13 Å². The number of carbonyl (C=O) groups is 3. The molecule has 8 nitrogen and oxygen atoms in total. The minimum Gasteiger partial charge on any atom is -0.507 e. The first-order chi connectivity index (χ1) is 19.4. The number of benzene rings is 3. The number of hydrogen-bond acceptors (Lipinski definition) is 8. The topological polar surface area (TPSA) is 106 Å². The van der Waals surface area contributed by atoms with Crippen molar-refractivity contribution in [2.75, 3.05) is 11.5 Å². The monoisotopic (exact) mass is 554 g/mol. The Morgan fingerprint density at radius 2 is 1.70 bits per heavy atom. The number of nitrogens with zero attached hydrogens (tertiary/aromatic N) is 2. The molecule has 0 bridgehead atoms. The van der Waals surface area contributed by atoms with E-state index in [1.165, 1.54) is 4.90 Å². The molecular weight excluding hydrogens is 528 g/mol. The highest BCUT2D eigenvalue weighted by atomic mass is 32.1. The lowest BCUT2D eigenvalue weighted by Crippen LogP contribution is -2.29. The van der Waals surface area contributed by atoms with Crippen LogP contribution in [-0.4, -0.2) is 34.4 Å². The quantitative estimate of drug-likeness (QED) is 0.126. The SMILES string of the molecule is CCOC(=O)c1sc(N2C(=O)C(=O)C(=C(O)c3ccccc3)C2c2cccc(OCc3ccccc3)c2)nc1C. The van der Waals surface area contributed by atoms with Gasteiger partial charge < -0.3 is 14.6 Å². The first kappa shape index (κ1) is 26.8. The Bertz CT molecular complexity index is 1600. The van der Waals surface area contributed by atoms with E-state index in [9.17, 15) is 19.5 Å². The van der Waals surface area contributed by atoms with E-state index in [0.29, 0.717) is 29.2 Å². The summed E-state index contributed by atoms with van der Waals surface area (Å²) < 4.78 is 11.1. The number of thiazole rings is 1. The number of aliphatic hydroxyl groups is 1. The van der Waals surface area contributed by atoms with Crippen molar-refractivity contribution in [3.63, 3.8) is 0 Å². The summed E-state index contributed by atoms with van der Waals surface area (Å²) in [6.07, 6.45) is 0. The number of aryl methyl sites for hydroxylation is 1. The second-order valence-electron chi connectivity index (χ2n) is 9.01. The number of aliphatic hydroxyl groups excluding tert-OH is 1. The van der Waals surface area contributed by atoms with E-state index in [1.54, 1.807) is 68.4 Å². The number of ether oxygens (including phenoxy) is 2. The van der Waals surface area contributed by atoms with Gasteiger partial charge in [-0.25, -0.2) is 9.78 Å². The molecule has 1 unspecified atom stereocenters. The third-order valence-corrected chi connectivity index (χ3v) is 7.50. The van der Waals surface area contributed by atoms with E-state index in [2.05, 4.69) is 4.98 Å². The maximum absolute atomic E-state index is 13.5. The van der Waals surface area contributed by atoms with Crippen molar-refractivity contribution in [1.82, 2.24) is 4.98 Å². The fourth-order valence-corrected chi connectivity index (χ4v) is 5.47. The molecule has 4 aromatic rings. The number of hydrogen-bond donors (Lipinski definition) is 1. The molecule has 0 radical (unpaired) electrons. The maximum Gasteiger partial charge on any atom is 0.350 e. The smallest absolute Gasteiger partial charge is 0.350 e. The highest BCUT2D eigenvalue weighted by Gasteiger charge is 2.48. The molecule has 0 aliphatic carbocycles. The minimum atomic E-state index is -1.01. The van der Waals surface area contributed by atoms with Crippen molar-refractivity contribution in [2.24, 2.45) is 0 Å². The molecular formula is C31H26N2O6S. The number of ketones is 1. The molecule has 3 aromatic carbocycles. The number of aromatic nitrogens is 1. The zero-order valence-corrected chi connectivity index (χ0v) is 22.7. The molecule has 1 aliphatic rings. The summed E-state index contributed by atoms with van der Waals surface area (Å²) >= 11 is 0.962. The third-order valence-electron chi connectivity index (χ3n) is 6.37. The predicted molar refractivity (Wildman–Crippen MR) is 151 cm³/mol. The Kier molecular flexibility index (Phi) is 7.75. The largest absolute Gasteiger partial charge is 0.507 e. The van der Waals surface area contributed by atoms with Gasteiger partial charge in [0.05, 0.1) is 23.9 Å². The lowest BCUT2D eigenvalue weighted by atomic mass is 9.95. The second kappa shape index (κ2) is 11.5. The molecule has 9 heteroatoms. The average Bonchev–Trinajstić information content (AvgIpc) is 3.49.